The quantitative estimate of drug-likeness (QED) is 0.865. The predicted octanol–water partition coefficient (Wildman–Crippen LogP) is 2.33. The molecule has 0 aromatic heterocycles. The molecule has 114 valence electrons. The molecule has 0 unspecified atom stereocenters. The average molecular weight is 315 g/mol. The molecule has 22 heavy (non-hydrogen) atoms. The molecule has 1 aliphatic heterocycles. The van der Waals surface area contributed by atoms with Crippen LogP contribution < -0.4 is 5.73 Å². The largest absolute Gasteiger partial charge is 0.368 e. The van der Waals surface area contributed by atoms with Gasteiger partial charge in [0, 0.05) is 6.26 Å². The van der Waals surface area contributed by atoms with Gasteiger partial charge in [0.25, 0.3) is 0 Å². The first-order valence-electron chi connectivity index (χ1n) is 6.55. The second-order valence-electron chi connectivity index (χ2n) is 4.92. The number of sulfone groups is 1. The van der Waals surface area contributed by atoms with Crippen molar-refractivity contribution in [2.24, 2.45) is 15.7 Å². The number of allylic oxidation sites excluding steroid dienone is 4. The van der Waals surface area contributed by atoms with Crippen LogP contribution >= 0.6 is 0 Å². The normalized spacial score (nSPS) is 16.1. The molecule has 0 saturated carbocycles. The van der Waals surface area contributed by atoms with E-state index in [-0.39, 0.29) is 5.96 Å². The van der Waals surface area contributed by atoms with Gasteiger partial charge in [-0.25, -0.2) is 18.4 Å². The fourth-order valence-electron chi connectivity index (χ4n) is 1.89. The minimum absolute atomic E-state index is 0.210. The number of nitrogens with zero attached hydrogens (tertiary/aromatic N) is 2. The number of nitrogens with two attached hydrogens (primary N) is 1. The molecule has 0 saturated heterocycles. The highest BCUT2D eigenvalue weighted by Gasteiger charge is 2.08. The van der Waals surface area contributed by atoms with Crippen molar-refractivity contribution < 1.29 is 8.42 Å². The summed E-state index contributed by atoms with van der Waals surface area (Å²) in [6.45, 7) is 5.69. The zero-order chi connectivity index (χ0) is 16.3. The van der Waals surface area contributed by atoms with Crippen LogP contribution in [0.2, 0.25) is 0 Å². The van der Waals surface area contributed by atoms with Crippen molar-refractivity contribution in [3.05, 3.63) is 60.3 Å². The standard InChI is InChI=1S/C16H17N3O2S/c1-11(5-4-6-15-12(2)18-16(17)19-15)13-7-9-14(10-8-13)22(3,20)21/h4-10H,2H2,1,3H3,(H2,17,18)/b6-4-,11-5+. The van der Waals surface area contributed by atoms with E-state index >= 15 is 0 Å². The average Bonchev–Trinajstić information content (AvgIpc) is 2.76. The van der Waals surface area contributed by atoms with E-state index in [1.807, 2.05) is 19.1 Å². The molecule has 0 spiro atoms. The molecule has 2 rings (SSSR count). The Hall–Kier alpha value is -2.47. The van der Waals surface area contributed by atoms with Gasteiger partial charge in [-0.05, 0) is 36.3 Å². The second kappa shape index (κ2) is 6.11. The topological polar surface area (TPSA) is 84.9 Å². The Morgan fingerprint density at radius 2 is 1.86 bits per heavy atom. The minimum atomic E-state index is -3.17. The highest BCUT2D eigenvalue weighted by molar-refractivity contribution is 7.90. The van der Waals surface area contributed by atoms with Crippen molar-refractivity contribution in [3.63, 3.8) is 0 Å². The molecule has 6 heteroatoms. The van der Waals surface area contributed by atoms with Crippen molar-refractivity contribution in [1.82, 2.24) is 0 Å². The van der Waals surface area contributed by atoms with Crippen molar-refractivity contribution in [3.8, 4) is 0 Å². The van der Waals surface area contributed by atoms with Crippen LogP contribution in [0.15, 0.2) is 69.6 Å². The fourth-order valence-corrected chi connectivity index (χ4v) is 2.52. The Balaban J connectivity index is 2.13. The van der Waals surface area contributed by atoms with E-state index in [0.717, 1.165) is 11.1 Å². The van der Waals surface area contributed by atoms with E-state index in [9.17, 15) is 8.42 Å². The van der Waals surface area contributed by atoms with Crippen LogP contribution in [0.4, 0.5) is 0 Å². The Labute approximate surface area is 130 Å². The lowest BCUT2D eigenvalue weighted by Crippen LogP contribution is -2.04. The molecule has 0 aliphatic carbocycles. The first-order valence-corrected chi connectivity index (χ1v) is 8.44. The molecule has 2 N–H and O–H groups in total. The van der Waals surface area contributed by atoms with Crippen LogP contribution in [0.3, 0.4) is 0 Å². The number of guanidine groups is 1. The van der Waals surface area contributed by atoms with Gasteiger partial charge in [-0.15, -0.1) is 0 Å². The Kier molecular flexibility index (Phi) is 4.42. The van der Waals surface area contributed by atoms with Gasteiger partial charge in [-0.3, -0.25) is 0 Å². The molecule has 0 amide bonds. The van der Waals surface area contributed by atoms with E-state index in [1.165, 1.54) is 6.26 Å². The van der Waals surface area contributed by atoms with Crippen molar-refractivity contribution in [1.29, 1.82) is 0 Å². The van der Waals surface area contributed by atoms with Gasteiger partial charge in [0.2, 0.25) is 5.96 Å². The zero-order valence-electron chi connectivity index (χ0n) is 12.4. The van der Waals surface area contributed by atoms with Gasteiger partial charge in [-0.1, -0.05) is 30.9 Å². The van der Waals surface area contributed by atoms with E-state index in [1.54, 1.807) is 30.3 Å². The molecule has 0 fully saturated rings. The summed E-state index contributed by atoms with van der Waals surface area (Å²) in [6, 6.07) is 6.76. The summed E-state index contributed by atoms with van der Waals surface area (Å²) in [7, 11) is -3.17. The lowest BCUT2D eigenvalue weighted by Gasteiger charge is -2.02. The third-order valence-electron chi connectivity index (χ3n) is 3.12. The van der Waals surface area contributed by atoms with Crippen molar-refractivity contribution in [2.75, 3.05) is 6.26 Å². The zero-order valence-corrected chi connectivity index (χ0v) is 13.3. The van der Waals surface area contributed by atoms with E-state index < -0.39 is 9.84 Å². The summed E-state index contributed by atoms with van der Waals surface area (Å²) in [5.41, 5.74) is 8.60. The summed E-state index contributed by atoms with van der Waals surface area (Å²) in [4.78, 5) is 8.28. The summed E-state index contributed by atoms with van der Waals surface area (Å²) >= 11 is 0. The van der Waals surface area contributed by atoms with Crippen LogP contribution in [-0.4, -0.2) is 26.3 Å². The molecule has 0 radical (unpaired) electrons. The molecule has 0 bridgehead atoms. The molecule has 1 aromatic carbocycles. The Morgan fingerprint density at radius 1 is 1.23 bits per heavy atom. The minimum Gasteiger partial charge on any atom is -0.368 e. The van der Waals surface area contributed by atoms with Gasteiger partial charge in [-0.2, -0.15) is 0 Å². The highest BCUT2D eigenvalue weighted by atomic mass is 32.2. The predicted molar refractivity (Wildman–Crippen MR) is 90.5 cm³/mol. The maximum atomic E-state index is 11.4. The summed E-state index contributed by atoms with van der Waals surface area (Å²) < 4.78 is 22.8. The number of hydrogen-bond donors (Lipinski definition) is 1. The van der Waals surface area contributed by atoms with Crippen molar-refractivity contribution in [2.45, 2.75) is 11.8 Å². The summed E-state index contributed by atoms with van der Waals surface area (Å²) in [5, 5.41) is 0. The number of rotatable bonds is 4. The van der Waals surface area contributed by atoms with Gasteiger partial charge < -0.3 is 5.73 Å². The third-order valence-corrected chi connectivity index (χ3v) is 4.25. The molecular formula is C16H17N3O2S. The van der Waals surface area contributed by atoms with E-state index in [4.69, 9.17) is 5.73 Å². The first-order chi connectivity index (χ1) is 10.3. The van der Waals surface area contributed by atoms with Gasteiger partial charge >= 0.3 is 0 Å². The van der Waals surface area contributed by atoms with Gasteiger partial charge in [0.15, 0.2) is 9.84 Å². The number of benzene rings is 1. The fraction of sp³-hybridized carbons (Fsp3) is 0.125. The molecule has 5 nitrogen and oxygen atoms in total. The van der Waals surface area contributed by atoms with Gasteiger partial charge in [0.1, 0.15) is 0 Å². The lowest BCUT2D eigenvalue weighted by atomic mass is 10.1. The third kappa shape index (κ3) is 3.79. The molecule has 1 aliphatic rings. The smallest absolute Gasteiger partial charge is 0.221 e. The molecule has 1 aromatic rings. The van der Waals surface area contributed by atoms with Gasteiger partial charge in [0.05, 0.1) is 16.3 Å². The monoisotopic (exact) mass is 315 g/mol. The van der Waals surface area contributed by atoms with Crippen LogP contribution in [0.5, 0.6) is 0 Å². The highest BCUT2D eigenvalue weighted by Crippen LogP contribution is 2.17. The molecular weight excluding hydrogens is 298 g/mol. The number of aliphatic imine (C=N–C) groups is 2. The maximum Gasteiger partial charge on any atom is 0.221 e. The first kappa shape index (κ1) is 15.9. The lowest BCUT2D eigenvalue weighted by molar-refractivity contribution is 0.602. The number of hydrogen-bond acceptors (Lipinski definition) is 5. The van der Waals surface area contributed by atoms with E-state index in [2.05, 4.69) is 16.6 Å². The maximum absolute atomic E-state index is 11.4. The molecule has 1 heterocycles. The Morgan fingerprint density at radius 3 is 2.36 bits per heavy atom. The summed E-state index contributed by atoms with van der Waals surface area (Å²) in [6.07, 6.45) is 6.70. The van der Waals surface area contributed by atoms with Crippen LogP contribution in [0, 0.1) is 0 Å². The second-order valence-corrected chi connectivity index (χ2v) is 6.93. The van der Waals surface area contributed by atoms with Crippen LogP contribution in [0.25, 0.3) is 5.57 Å². The van der Waals surface area contributed by atoms with E-state index in [0.29, 0.717) is 16.3 Å². The summed E-state index contributed by atoms with van der Waals surface area (Å²) in [5.74, 6) is 0.210. The van der Waals surface area contributed by atoms with Crippen LogP contribution in [-0.2, 0) is 9.84 Å². The van der Waals surface area contributed by atoms with Crippen molar-refractivity contribution >= 4 is 27.1 Å². The Bertz CT molecular complexity index is 827. The van der Waals surface area contributed by atoms with Crippen LogP contribution in [0.1, 0.15) is 12.5 Å². The molecule has 0 atom stereocenters. The SMILES string of the molecule is C=C1N=C(N)N=C1/C=C\C=C(/C)c1ccc(S(C)(=O)=O)cc1.